The lowest BCUT2D eigenvalue weighted by atomic mass is 9.99. The zero-order valence-electron chi connectivity index (χ0n) is 9.11. The van der Waals surface area contributed by atoms with E-state index < -0.39 is 0 Å². The van der Waals surface area contributed by atoms with Crippen LogP contribution in [-0.4, -0.2) is 0 Å². The van der Waals surface area contributed by atoms with E-state index in [0.29, 0.717) is 0 Å². The maximum Gasteiger partial charge on any atom is -0.0146 e. The first-order valence-corrected chi connectivity index (χ1v) is 5.58. The Balaban J connectivity index is 2.46. The minimum absolute atomic E-state index is 0.843. The molecular weight excluding hydrogens is 192 g/mol. The monoisotopic (exact) mass is 205 g/mol. The SMILES string of the molecule is [CH2]Cc1cccc2cc3ccccc3cc12. The van der Waals surface area contributed by atoms with Gasteiger partial charge in [0.05, 0.1) is 0 Å². The molecule has 3 rings (SSSR count). The Morgan fingerprint density at radius 3 is 2.19 bits per heavy atom. The molecular formula is C16H13. The summed E-state index contributed by atoms with van der Waals surface area (Å²) in [5, 5.41) is 5.24. The summed E-state index contributed by atoms with van der Waals surface area (Å²) < 4.78 is 0. The topological polar surface area (TPSA) is 0 Å². The Bertz CT molecular complexity index is 650. The maximum absolute atomic E-state index is 3.99. The Labute approximate surface area is 95.5 Å². The van der Waals surface area contributed by atoms with Gasteiger partial charge in [-0.15, -0.1) is 0 Å². The van der Waals surface area contributed by atoms with Crippen molar-refractivity contribution < 1.29 is 0 Å². The van der Waals surface area contributed by atoms with Crippen molar-refractivity contribution in [2.45, 2.75) is 6.42 Å². The van der Waals surface area contributed by atoms with Crippen molar-refractivity contribution in [2.24, 2.45) is 0 Å². The molecule has 77 valence electrons. The first-order chi connectivity index (χ1) is 7.88. The first kappa shape index (κ1) is 9.41. The summed E-state index contributed by atoms with van der Waals surface area (Å²) in [6, 6.07) is 19.4. The van der Waals surface area contributed by atoms with E-state index in [1.807, 2.05) is 0 Å². The Hall–Kier alpha value is -1.82. The van der Waals surface area contributed by atoms with Crippen LogP contribution in [0.3, 0.4) is 0 Å². The third-order valence-electron chi connectivity index (χ3n) is 3.11. The number of hydrogen-bond donors (Lipinski definition) is 0. The van der Waals surface area contributed by atoms with Gasteiger partial charge in [-0.3, -0.25) is 0 Å². The summed E-state index contributed by atoms with van der Waals surface area (Å²) >= 11 is 0. The van der Waals surface area contributed by atoms with Crippen LogP contribution in [0.2, 0.25) is 0 Å². The lowest BCUT2D eigenvalue weighted by molar-refractivity contribution is 1.30. The van der Waals surface area contributed by atoms with Gasteiger partial charge in [0, 0.05) is 0 Å². The van der Waals surface area contributed by atoms with E-state index in [-0.39, 0.29) is 0 Å². The van der Waals surface area contributed by atoms with E-state index in [1.165, 1.54) is 27.1 Å². The van der Waals surface area contributed by atoms with Crippen LogP contribution in [-0.2, 0) is 6.42 Å². The van der Waals surface area contributed by atoms with Crippen LogP contribution in [0, 0.1) is 6.92 Å². The molecule has 0 amide bonds. The van der Waals surface area contributed by atoms with Crippen LogP contribution < -0.4 is 0 Å². The molecule has 0 heteroatoms. The first-order valence-electron chi connectivity index (χ1n) is 5.58. The van der Waals surface area contributed by atoms with Crippen molar-refractivity contribution in [3.63, 3.8) is 0 Å². The second kappa shape index (κ2) is 3.64. The quantitative estimate of drug-likeness (QED) is 0.517. The predicted molar refractivity (Wildman–Crippen MR) is 70.5 cm³/mol. The van der Waals surface area contributed by atoms with Crippen molar-refractivity contribution in [2.75, 3.05) is 0 Å². The molecule has 0 fully saturated rings. The van der Waals surface area contributed by atoms with Crippen LogP contribution in [0.1, 0.15) is 5.56 Å². The van der Waals surface area contributed by atoms with Gasteiger partial charge in [0.2, 0.25) is 0 Å². The van der Waals surface area contributed by atoms with E-state index in [1.54, 1.807) is 0 Å². The van der Waals surface area contributed by atoms with Crippen LogP contribution >= 0.6 is 0 Å². The number of benzene rings is 3. The molecule has 0 aliphatic rings. The minimum Gasteiger partial charge on any atom is -0.0616 e. The average molecular weight is 205 g/mol. The van der Waals surface area contributed by atoms with Crippen molar-refractivity contribution >= 4 is 21.5 Å². The summed E-state index contributed by atoms with van der Waals surface area (Å²) in [7, 11) is 0. The largest absolute Gasteiger partial charge is 0.0616 e. The second-order valence-corrected chi connectivity index (χ2v) is 4.09. The molecule has 0 aromatic heterocycles. The lowest BCUT2D eigenvalue weighted by Gasteiger charge is -2.06. The standard InChI is InChI=1S/C16H13/c1-2-12-8-5-9-15-10-13-6-3-4-7-14(13)11-16(12)15/h3-11H,1-2H2. The third-order valence-corrected chi connectivity index (χ3v) is 3.11. The fourth-order valence-electron chi connectivity index (χ4n) is 2.25. The van der Waals surface area contributed by atoms with Crippen molar-refractivity contribution in [1.82, 2.24) is 0 Å². The summed E-state index contributed by atoms with van der Waals surface area (Å²) in [5.41, 5.74) is 1.32. The van der Waals surface area contributed by atoms with Gasteiger partial charge in [0.1, 0.15) is 0 Å². The minimum atomic E-state index is 0.843. The lowest BCUT2D eigenvalue weighted by Crippen LogP contribution is -1.84. The molecule has 0 saturated carbocycles. The Morgan fingerprint density at radius 2 is 1.44 bits per heavy atom. The molecule has 0 aliphatic heterocycles. The van der Waals surface area contributed by atoms with E-state index in [0.717, 1.165) is 6.42 Å². The molecule has 0 atom stereocenters. The summed E-state index contributed by atoms with van der Waals surface area (Å²) in [6.45, 7) is 3.99. The van der Waals surface area contributed by atoms with Gasteiger partial charge in [-0.2, -0.15) is 0 Å². The van der Waals surface area contributed by atoms with Gasteiger partial charge < -0.3 is 0 Å². The van der Waals surface area contributed by atoms with Crippen LogP contribution in [0.4, 0.5) is 0 Å². The van der Waals surface area contributed by atoms with Gasteiger partial charge >= 0.3 is 0 Å². The second-order valence-electron chi connectivity index (χ2n) is 4.09. The summed E-state index contributed by atoms with van der Waals surface area (Å²) in [6.07, 6.45) is 0.843. The fraction of sp³-hybridized carbons (Fsp3) is 0.0625. The zero-order valence-corrected chi connectivity index (χ0v) is 9.11. The average Bonchev–Trinajstić information content (AvgIpc) is 2.35. The highest BCUT2D eigenvalue weighted by atomic mass is 14.0. The summed E-state index contributed by atoms with van der Waals surface area (Å²) in [4.78, 5) is 0. The molecule has 0 saturated heterocycles. The van der Waals surface area contributed by atoms with E-state index in [4.69, 9.17) is 0 Å². The van der Waals surface area contributed by atoms with Crippen molar-refractivity contribution in [1.29, 1.82) is 0 Å². The van der Waals surface area contributed by atoms with Gasteiger partial charge in [-0.05, 0) is 52.6 Å². The molecule has 0 spiro atoms. The van der Waals surface area contributed by atoms with Crippen LogP contribution in [0.25, 0.3) is 21.5 Å². The molecule has 16 heavy (non-hydrogen) atoms. The van der Waals surface area contributed by atoms with E-state index in [2.05, 4.69) is 61.5 Å². The number of rotatable bonds is 1. The molecule has 0 bridgehead atoms. The Morgan fingerprint density at radius 1 is 0.750 bits per heavy atom. The molecule has 0 aliphatic carbocycles. The zero-order chi connectivity index (χ0) is 11.0. The molecule has 0 nitrogen and oxygen atoms in total. The summed E-state index contributed by atoms with van der Waals surface area (Å²) in [5.74, 6) is 0. The number of hydrogen-bond acceptors (Lipinski definition) is 0. The maximum atomic E-state index is 3.99. The normalized spacial score (nSPS) is 11.1. The van der Waals surface area contributed by atoms with E-state index in [9.17, 15) is 0 Å². The Kier molecular flexibility index (Phi) is 2.14. The highest BCUT2D eigenvalue weighted by molar-refractivity contribution is 5.99. The predicted octanol–water partition coefficient (Wildman–Crippen LogP) is 4.37. The molecule has 3 aromatic carbocycles. The van der Waals surface area contributed by atoms with Gasteiger partial charge in [-0.25, -0.2) is 0 Å². The molecule has 1 radical (unpaired) electrons. The number of fused-ring (bicyclic) bond motifs is 2. The molecule has 0 heterocycles. The van der Waals surface area contributed by atoms with Gasteiger partial charge in [0.15, 0.2) is 0 Å². The van der Waals surface area contributed by atoms with Gasteiger partial charge in [-0.1, -0.05) is 42.5 Å². The molecule has 3 aromatic rings. The highest BCUT2D eigenvalue weighted by Gasteiger charge is 2.00. The van der Waals surface area contributed by atoms with Gasteiger partial charge in [0.25, 0.3) is 0 Å². The molecule has 0 N–H and O–H groups in total. The highest BCUT2D eigenvalue weighted by Crippen LogP contribution is 2.25. The van der Waals surface area contributed by atoms with Crippen LogP contribution in [0.15, 0.2) is 54.6 Å². The fourth-order valence-corrected chi connectivity index (χ4v) is 2.25. The van der Waals surface area contributed by atoms with Crippen molar-refractivity contribution in [3.05, 3.63) is 67.1 Å². The van der Waals surface area contributed by atoms with E-state index >= 15 is 0 Å². The third kappa shape index (κ3) is 1.38. The molecule has 0 unspecified atom stereocenters. The van der Waals surface area contributed by atoms with Crippen molar-refractivity contribution in [3.8, 4) is 0 Å². The smallest absolute Gasteiger partial charge is 0.0146 e. The van der Waals surface area contributed by atoms with Crippen LogP contribution in [0.5, 0.6) is 0 Å².